The minimum absolute atomic E-state index is 0.0299. The molecule has 0 spiro atoms. The van der Waals surface area contributed by atoms with Crippen LogP contribution in [0.4, 0.5) is 5.82 Å². The highest BCUT2D eigenvalue weighted by Crippen LogP contribution is 2.53. The van der Waals surface area contributed by atoms with Crippen LogP contribution in [-0.4, -0.2) is 28.4 Å². The second kappa shape index (κ2) is 6.44. The topological polar surface area (TPSA) is 89.0 Å². The molecule has 0 saturated heterocycles. The number of hydrogen-bond donors (Lipinski definition) is 1. The lowest BCUT2D eigenvalue weighted by Gasteiger charge is -2.60. The van der Waals surface area contributed by atoms with Crippen LogP contribution in [0.1, 0.15) is 39.2 Å². The molecule has 3 atom stereocenters. The van der Waals surface area contributed by atoms with Crippen LogP contribution >= 0.6 is 0 Å². The van der Waals surface area contributed by atoms with Crippen molar-refractivity contribution in [2.75, 3.05) is 12.4 Å². The van der Waals surface area contributed by atoms with Crippen molar-refractivity contribution in [1.82, 2.24) is 9.13 Å². The van der Waals surface area contributed by atoms with E-state index in [0.717, 1.165) is 17.4 Å². The van der Waals surface area contributed by atoms with Gasteiger partial charge in [-0.15, -0.1) is 0 Å². The summed E-state index contributed by atoms with van der Waals surface area (Å²) in [6, 6.07) is 1.97. The van der Waals surface area contributed by atoms with Gasteiger partial charge in [-0.2, -0.15) is 5.26 Å². The Morgan fingerprint density at radius 3 is 2.29 bits per heavy atom. The second-order valence-electron chi connectivity index (χ2n) is 6.62. The lowest BCUT2D eigenvalue weighted by atomic mass is 9.53. The zero-order valence-corrected chi connectivity index (χ0v) is 15.2. The predicted octanol–water partition coefficient (Wildman–Crippen LogP) is 1.21. The van der Waals surface area contributed by atoms with Crippen molar-refractivity contribution in [3.63, 3.8) is 0 Å². The van der Waals surface area contributed by atoms with Gasteiger partial charge in [0.1, 0.15) is 11.9 Å². The van der Waals surface area contributed by atoms with Crippen LogP contribution in [-0.2, 0) is 18.8 Å². The van der Waals surface area contributed by atoms with Gasteiger partial charge in [-0.05, 0) is 12.8 Å². The fourth-order valence-corrected chi connectivity index (χ4v) is 4.36. The molecule has 1 aromatic heterocycles. The number of hydrogen-bond acceptors (Lipinski definition) is 5. The van der Waals surface area contributed by atoms with Crippen LogP contribution in [0, 0.1) is 22.7 Å². The maximum absolute atomic E-state index is 12.2. The zero-order chi connectivity index (χ0) is 18.2. The summed E-state index contributed by atoms with van der Waals surface area (Å²) in [7, 11) is 4.67. The summed E-state index contributed by atoms with van der Waals surface area (Å²) in [5.74, 6) is 0.504. The predicted molar refractivity (Wildman–Crippen MR) is 92.0 cm³/mol. The molecule has 7 heteroatoms. The first-order valence-electron chi connectivity index (χ1n) is 8.30. The molecular formula is C17H26N4O3. The monoisotopic (exact) mass is 334 g/mol. The highest BCUT2D eigenvalue weighted by molar-refractivity contribution is 5.53. The molecule has 1 aliphatic rings. The van der Waals surface area contributed by atoms with Crippen molar-refractivity contribution >= 4 is 5.82 Å². The third-order valence-corrected chi connectivity index (χ3v) is 5.83. The van der Waals surface area contributed by atoms with E-state index in [1.54, 1.807) is 14.2 Å². The number of aromatic nitrogens is 2. The molecule has 0 aromatic carbocycles. The number of nitrogens with zero attached hydrogens (tertiary/aromatic N) is 3. The molecular weight excluding hydrogens is 308 g/mol. The number of anilines is 1. The molecule has 2 rings (SSSR count). The van der Waals surface area contributed by atoms with Gasteiger partial charge in [0, 0.05) is 38.6 Å². The van der Waals surface area contributed by atoms with Gasteiger partial charge in [0.25, 0.3) is 5.56 Å². The second-order valence-corrected chi connectivity index (χ2v) is 6.62. The summed E-state index contributed by atoms with van der Waals surface area (Å²) < 4.78 is 7.97. The van der Waals surface area contributed by atoms with Crippen LogP contribution in [0.15, 0.2) is 9.59 Å². The smallest absolute Gasteiger partial charge is 0.332 e. The first-order chi connectivity index (χ1) is 11.3. The Kier molecular flexibility index (Phi) is 4.90. The Hall–Kier alpha value is -2.07. The van der Waals surface area contributed by atoms with Crippen molar-refractivity contribution in [3.8, 4) is 6.07 Å². The van der Waals surface area contributed by atoms with Crippen LogP contribution in [0.5, 0.6) is 0 Å². The summed E-state index contributed by atoms with van der Waals surface area (Å²) in [5.41, 5.74) is -1.14. The quantitative estimate of drug-likeness (QED) is 0.874. The van der Waals surface area contributed by atoms with Crippen molar-refractivity contribution in [2.24, 2.45) is 25.4 Å². The molecule has 0 radical (unpaired) electrons. The number of ether oxygens (including phenoxy) is 1. The molecule has 1 heterocycles. The number of rotatable bonds is 5. The lowest BCUT2D eigenvalue weighted by molar-refractivity contribution is -0.150. The Morgan fingerprint density at radius 1 is 1.25 bits per heavy atom. The Morgan fingerprint density at radius 2 is 1.83 bits per heavy atom. The molecule has 132 valence electrons. The molecule has 1 N–H and O–H groups in total. The summed E-state index contributed by atoms with van der Waals surface area (Å²) in [6.07, 6.45) is 1.93. The number of methoxy groups -OCH3 is 1. The number of nitriles is 1. The molecule has 3 unspecified atom stereocenters. The normalized spacial score (nSPS) is 25.0. The van der Waals surface area contributed by atoms with E-state index in [-0.39, 0.29) is 29.0 Å². The van der Waals surface area contributed by atoms with Crippen molar-refractivity contribution < 1.29 is 4.74 Å². The maximum Gasteiger partial charge on any atom is 0.332 e. The van der Waals surface area contributed by atoms with E-state index in [1.165, 1.54) is 11.6 Å². The molecule has 0 aliphatic heterocycles. The van der Waals surface area contributed by atoms with E-state index in [0.29, 0.717) is 5.82 Å². The van der Waals surface area contributed by atoms with Crippen LogP contribution in [0.25, 0.3) is 0 Å². The van der Waals surface area contributed by atoms with Gasteiger partial charge in [0.05, 0.1) is 6.10 Å². The molecule has 7 nitrogen and oxygen atoms in total. The third-order valence-electron chi connectivity index (χ3n) is 5.83. The highest BCUT2D eigenvalue weighted by atomic mass is 16.5. The molecule has 1 aromatic rings. The summed E-state index contributed by atoms with van der Waals surface area (Å²) in [6.45, 7) is 6.31. The minimum Gasteiger partial charge on any atom is -0.380 e. The summed E-state index contributed by atoms with van der Waals surface area (Å²) >= 11 is 0. The molecule has 24 heavy (non-hydrogen) atoms. The van der Waals surface area contributed by atoms with Gasteiger partial charge in [-0.3, -0.25) is 13.9 Å². The summed E-state index contributed by atoms with van der Waals surface area (Å²) in [5, 5.41) is 12.7. The standard InChI is InChI=1S/C17H26N4O3/c1-7-17(8-2)12(10(3)13(17)24-6)19-14-11(9-18)15(22)21(5)16(23)20(14)4/h10,12-13,19H,7-8H2,1-6H3. The SMILES string of the molecule is CCC1(CC)C(Nc2c(C#N)c(=O)n(C)c(=O)n2C)C(C)C1OC. The van der Waals surface area contributed by atoms with E-state index in [4.69, 9.17) is 4.74 Å². The molecule has 1 fully saturated rings. The average molecular weight is 334 g/mol. The van der Waals surface area contributed by atoms with Gasteiger partial charge in [-0.25, -0.2) is 4.79 Å². The van der Waals surface area contributed by atoms with Gasteiger partial charge in [0.2, 0.25) is 0 Å². The largest absolute Gasteiger partial charge is 0.380 e. The van der Waals surface area contributed by atoms with Crippen molar-refractivity contribution in [3.05, 3.63) is 26.4 Å². The van der Waals surface area contributed by atoms with E-state index in [2.05, 4.69) is 26.1 Å². The molecule has 1 saturated carbocycles. The van der Waals surface area contributed by atoms with Crippen molar-refractivity contribution in [2.45, 2.75) is 45.8 Å². The van der Waals surface area contributed by atoms with Crippen LogP contribution in [0.3, 0.4) is 0 Å². The van der Waals surface area contributed by atoms with Crippen molar-refractivity contribution in [1.29, 1.82) is 5.26 Å². The third kappa shape index (κ3) is 2.28. The van der Waals surface area contributed by atoms with E-state index < -0.39 is 11.2 Å². The van der Waals surface area contributed by atoms with E-state index >= 15 is 0 Å². The summed E-state index contributed by atoms with van der Waals surface area (Å²) in [4.78, 5) is 24.5. The Balaban J connectivity index is 2.55. The Bertz CT molecular complexity index is 783. The van der Waals surface area contributed by atoms with Gasteiger partial charge < -0.3 is 10.1 Å². The van der Waals surface area contributed by atoms with Gasteiger partial charge in [0.15, 0.2) is 5.56 Å². The zero-order valence-electron chi connectivity index (χ0n) is 15.2. The van der Waals surface area contributed by atoms with Crippen LogP contribution < -0.4 is 16.6 Å². The van der Waals surface area contributed by atoms with E-state index in [9.17, 15) is 14.9 Å². The molecule has 0 bridgehead atoms. The lowest BCUT2D eigenvalue weighted by Crippen LogP contribution is -2.67. The Labute approximate surface area is 141 Å². The maximum atomic E-state index is 12.2. The first-order valence-corrected chi connectivity index (χ1v) is 8.30. The molecule has 1 aliphatic carbocycles. The highest BCUT2D eigenvalue weighted by Gasteiger charge is 2.58. The van der Waals surface area contributed by atoms with Gasteiger partial charge >= 0.3 is 5.69 Å². The average Bonchev–Trinajstić information content (AvgIpc) is 2.59. The fraction of sp³-hybridized carbons (Fsp3) is 0.706. The van der Waals surface area contributed by atoms with Gasteiger partial charge in [-0.1, -0.05) is 20.8 Å². The molecule has 0 amide bonds. The minimum atomic E-state index is -0.572. The number of nitrogens with one attached hydrogen (secondary N) is 1. The van der Waals surface area contributed by atoms with Crippen LogP contribution in [0.2, 0.25) is 0 Å². The fourth-order valence-electron chi connectivity index (χ4n) is 4.36. The first kappa shape index (κ1) is 18.3. The van der Waals surface area contributed by atoms with E-state index in [1.807, 2.05) is 6.07 Å².